The Labute approximate surface area is 194 Å². The van der Waals surface area contributed by atoms with Crippen molar-refractivity contribution in [1.82, 2.24) is 20.8 Å². The molecule has 2 aromatic carbocycles. The Morgan fingerprint density at radius 1 is 1.09 bits per heavy atom. The quantitative estimate of drug-likeness (QED) is 0.597. The third-order valence-electron chi connectivity index (χ3n) is 6.24. The Morgan fingerprint density at radius 2 is 1.91 bits per heavy atom. The number of thioether (sulfide) groups is 1. The molecule has 6 nitrogen and oxygen atoms in total. The molecule has 3 heterocycles. The van der Waals surface area contributed by atoms with Crippen LogP contribution in [0.1, 0.15) is 48.9 Å². The first-order valence-corrected chi connectivity index (χ1v) is 12.5. The lowest BCUT2D eigenvalue weighted by Gasteiger charge is -2.36. The zero-order valence-electron chi connectivity index (χ0n) is 18.7. The molecule has 3 aliphatic rings. The van der Waals surface area contributed by atoms with Crippen LogP contribution in [-0.2, 0) is 5.75 Å². The number of unbranched alkanes of at least 4 members (excludes halogenated alkanes) is 1. The Hall–Kier alpha value is -2.64. The van der Waals surface area contributed by atoms with E-state index in [2.05, 4.69) is 101 Å². The molecule has 3 atom stereocenters. The Morgan fingerprint density at radius 3 is 2.69 bits per heavy atom. The number of hydrazine groups is 1. The summed E-state index contributed by atoms with van der Waals surface area (Å²) in [5, 5.41) is 7.91. The number of ether oxygens (including phenoxy) is 1. The highest BCUT2D eigenvalue weighted by atomic mass is 32.2. The van der Waals surface area contributed by atoms with Gasteiger partial charge >= 0.3 is 0 Å². The van der Waals surface area contributed by atoms with Crippen molar-refractivity contribution in [2.75, 3.05) is 6.61 Å². The van der Waals surface area contributed by atoms with Crippen LogP contribution in [0.3, 0.4) is 0 Å². The Kier molecular flexibility index (Phi) is 6.28. The van der Waals surface area contributed by atoms with Crippen LogP contribution < -0.4 is 15.6 Å². The second kappa shape index (κ2) is 9.46. The van der Waals surface area contributed by atoms with Crippen molar-refractivity contribution in [3.63, 3.8) is 0 Å². The fourth-order valence-corrected chi connectivity index (χ4v) is 5.26. The summed E-state index contributed by atoms with van der Waals surface area (Å²) >= 11 is 1.78. The molecule has 2 aromatic rings. The van der Waals surface area contributed by atoms with Crippen LogP contribution >= 0.6 is 11.8 Å². The van der Waals surface area contributed by atoms with Crippen molar-refractivity contribution in [3.8, 4) is 5.75 Å². The summed E-state index contributed by atoms with van der Waals surface area (Å²) in [6.45, 7) is 5.08. The van der Waals surface area contributed by atoms with E-state index < -0.39 is 0 Å². The molecular formula is C25H31N5OS. The number of hydrogen-bond acceptors (Lipinski definition) is 7. The van der Waals surface area contributed by atoms with Crippen molar-refractivity contribution < 1.29 is 4.74 Å². The maximum absolute atomic E-state index is 5.81. The van der Waals surface area contributed by atoms with Gasteiger partial charge in [0, 0.05) is 18.2 Å². The van der Waals surface area contributed by atoms with Crippen LogP contribution in [0, 0.1) is 6.92 Å². The normalized spacial score (nSPS) is 23.6. The standard InChI is InChI=1S/C25H31N5OS/c1-3-4-15-31-21-11-9-20(10-12-21)22-16-23-24-26-27-25(29(24)13-14-30(23)28-22)32-17-19-7-5-18(2)6-8-19/h5-14,22-24,26,28H,3-4,15-17H2,1-2H3. The van der Waals surface area contributed by atoms with Gasteiger partial charge in [-0.05, 0) is 43.0 Å². The van der Waals surface area contributed by atoms with Gasteiger partial charge in [0.2, 0.25) is 0 Å². The number of nitrogens with one attached hydrogen (secondary N) is 2. The molecule has 5 rings (SSSR count). The maximum Gasteiger partial charge on any atom is 0.189 e. The molecule has 1 saturated heterocycles. The van der Waals surface area contributed by atoms with Crippen molar-refractivity contribution in [2.45, 2.75) is 57.1 Å². The van der Waals surface area contributed by atoms with Gasteiger partial charge in [-0.1, -0.05) is 67.1 Å². The lowest BCUT2D eigenvalue weighted by Crippen LogP contribution is -2.54. The van der Waals surface area contributed by atoms with Crippen molar-refractivity contribution in [3.05, 3.63) is 77.6 Å². The van der Waals surface area contributed by atoms with Gasteiger partial charge in [-0.3, -0.25) is 5.43 Å². The van der Waals surface area contributed by atoms with Crippen LogP contribution in [0.25, 0.3) is 0 Å². The third kappa shape index (κ3) is 4.45. The number of hydrogen-bond donors (Lipinski definition) is 2. The second-order valence-corrected chi connectivity index (χ2v) is 9.55. The predicted octanol–water partition coefficient (Wildman–Crippen LogP) is 4.71. The van der Waals surface area contributed by atoms with Gasteiger partial charge in [-0.15, -0.1) is 0 Å². The lowest BCUT2D eigenvalue weighted by atomic mass is 10.00. The maximum atomic E-state index is 5.81. The number of nitrogens with zero attached hydrogens (tertiary/aromatic N) is 3. The van der Waals surface area contributed by atoms with Crippen molar-refractivity contribution in [1.29, 1.82) is 0 Å². The van der Waals surface area contributed by atoms with Crippen LogP contribution in [-0.4, -0.2) is 33.9 Å². The fourth-order valence-electron chi connectivity index (χ4n) is 4.33. The van der Waals surface area contributed by atoms with Gasteiger partial charge < -0.3 is 14.6 Å². The van der Waals surface area contributed by atoms with Crippen LogP contribution in [0.4, 0.5) is 0 Å². The largest absolute Gasteiger partial charge is 0.494 e. The van der Waals surface area contributed by atoms with E-state index in [1.807, 2.05) is 0 Å². The molecule has 1 fully saturated rings. The number of aryl methyl sites for hydroxylation is 1. The molecule has 168 valence electrons. The van der Waals surface area contributed by atoms with Gasteiger partial charge in [0.25, 0.3) is 0 Å². The minimum absolute atomic E-state index is 0.148. The van der Waals surface area contributed by atoms with Crippen molar-refractivity contribution in [2.24, 2.45) is 5.10 Å². The zero-order valence-corrected chi connectivity index (χ0v) is 19.5. The zero-order chi connectivity index (χ0) is 21.9. The van der Waals surface area contributed by atoms with Gasteiger partial charge in [-0.2, -0.15) is 5.10 Å². The summed E-state index contributed by atoms with van der Waals surface area (Å²) < 4.78 is 5.81. The highest BCUT2D eigenvalue weighted by Gasteiger charge is 2.44. The molecule has 0 radical (unpaired) electrons. The van der Waals surface area contributed by atoms with E-state index in [4.69, 9.17) is 4.74 Å². The first-order chi connectivity index (χ1) is 15.7. The molecule has 2 N–H and O–H groups in total. The average Bonchev–Trinajstić information content (AvgIpc) is 3.43. The lowest BCUT2D eigenvalue weighted by molar-refractivity contribution is 0.152. The molecule has 7 heteroatoms. The number of rotatable bonds is 7. The van der Waals surface area contributed by atoms with E-state index in [9.17, 15) is 0 Å². The number of amidine groups is 1. The van der Waals surface area contributed by atoms with E-state index in [1.165, 1.54) is 16.7 Å². The molecule has 3 unspecified atom stereocenters. The number of benzene rings is 2. The van der Waals surface area contributed by atoms with E-state index in [0.29, 0.717) is 6.04 Å². The average molecular weight is 450 g/mol. The molecule has 0 amide bonds. The third-order valence-corrected chi connectivity index (χ3v) is 7.28. The van der Waals surface area contributed by atoms with Gasteiger partial charge in [0.15, 0.2) is 5.17 Å². The fraction of sp³-hybridized carbons (Fsp3) is 0.400. The van der Waals surface area contributed by atoms with E-state index in [0.717, 1.165) is 42.5 Å². The molecule has 3 aliphatic heterocycles. The summed E-state index contributed by atoms with van der Waals surface area (Å²) in [5.74, 6) is 1.87. The number of fused-ring (bicyclic) bond motifs is 3. The molecule has 0 saturated carbocycles. The molecular weight excluding hydrogens is 418 g/mol. The minimum Gasteiger partial charge on any atom is -0.494 e. The minimum atomic E-state index is 0.148. The summed E-state index contributed by atoms with van der Waals surface area (Å²) in [4.78, 5) is 2.27. The smallest absolute Gasteiger partial charge is 0.189 e. The van der Waals surface area contributed by atoms with Gasteiger partial charge in [0.1, 0.15) is 11.9 Å². The van der Waals surface area contributed by atoms with E-state index >= 15 is 0 Å². The summed E-state index contributed by atoms with van der Waals surface area (Å²) in [6, 6.07) is 17.9. The first kappa shape index (κ1) is 21.2. The predicted molar refractivity (Wildman–Crippen MR) is 131 cm³/mol. The van der Waals surface area contributed by atoms with Crippen molar-refractivity contribution >= 4 is 16.9 Å². The molecule has 0 bridgehead atoms. The summed E-state index contributed by atoms with van der Waals surface area (Å²) in [6.07, 6.45) is 7.67. The summed E-state index contributed by atoms with van der Waals surface area (Å²) in [5.41, 5.74) is 10.9. The van der Waals surface area contributed by atoms with Crippen LogP contribution in [0.15, 0.2) is 66.0 Å². The second-order valence-electron chi connectivity index (χ2n) is 8.61. The van der Waals surface area contributed by atoms with E-state index in [1.54, 1.807) is 11.8 Å². The first-order valence-electron chi connectivity index (χ1n) is 11.5. The monoisotopic (exact) mass is 449 g/mol. The summed E-state index contributed by atoms with van der Waals surface area (Å²) in [7, 11) is 0. The Balaban J connectivity index is 1.18. The number of hydrazone groups is 1. The molecule has 0 spiro atoms. The highest BCUT2D eigenvalue weighted by Crippen LogP contribution is 2.35. The molecule has 0 aromatic heterocycles. The van der Waals surface area contributed by atoms with E-state index in [-0.39, 0.29) is 12.2 Å². The van der Waals surface area contributed by atoms with Crippen LogP contribution in [0.2, 0.25) is 0 Å². The highest BCUT2D eigenvalue weighted by molar-refractivity contribution is 8.13. The SMILES string of the molecule is CCCCOc1ccc(C2CC3C4NN=C(SCc5ccc(C)cc5)N4C=CN3N2)cc1. The van der Waals surface area contributed by atoms with Crippen LogP contribution in [0.5, 0.6) is 5.75 Å². The molecule has 32 heavy (non-hydrogen) atoms. The van der Waals surface area contributed by atoms with Gasteiger partial charge in [0.05, 0.1) is 18.7 Å². The molecule has 0 aliphatic carbocycles. The topological polar surface area (TPSA) is 52.1 Å². The van der Waals surface area contributed by atoms with Gasteiger partial charge in [-0.25, -0.2) is 5.43 Å². The Bertz CT molecular complexity index is 975.